The maximum Gasteiger partial charge on any atom is 0.416 e. The lowest BCUT2D eigenvalue weighted by Crippen LogP contribution is -2.53. The lowest BCUT2D eigenvalue weighted by molar-refractivity contribution is -0.150. The summed E-state index contributed by atoms with van der Waals surface area (Å²) < 4.78 is 45.2. The van der Waals surface area contributed by atoms with Gasteiger partial charge in [0.25, 0.3) is 5.91 Å². The van der Waals surface area contributed by atoms with Gasteiger partial charge < -0.3 is 25.6 Å². The standard InChI is InChI=1S/C33H36F3N5O3/c1-20(21-2-4-22(5-3-21)28-14-26(33(34,35)36)9-8-24(28)17-37)38-31(42)30-16-27(15-29(39-30)23-6-7-23)40-10-12-41(13-11-40)32(43)25-18-44-19-25/h2-5,8-9,14-16,20,23,25H,6-7,10-13,17-19,37H2,1H3,(H,38,42)/t20-/m1/s1. The Morgan fingerprint density at radius 3 is 2.32 bits per heavy atom. The van der Waals surface area contributed by atoms with E-state index < -0.39 is 11.7 Å². The number of nitrogens with zero attached hydrogens (tertiary/aromatic N) is 3. The van der Waals surface area contributed by atoms with Crippen molar-refractivity contribution in [1.29, 1.82) is 0 Å². The molecule has 3 N–H and O–H groups in total. The second kappa shape index (κ2) is 12.2. The molecule has 0 unspecified atom stereocenters. The smallest absolute Gasteiger partial charge is 0.380 e. The van der Waals surface area contributed by atoms with Gasteiger partial charge in [0.1, 0.15) is 5.69 Å². The molecule has 0 spiro atoms. The van der Waals surface area contributed by atoms with Crippen molar-refractivity contribution in [3.63, 3.8) is 0 Å². The number of benzene rings is 2. The topological polar surface area (TPSA) is 101 Å². The molecular weight excluding hydrogens is 571 g/mol. The number of hydrogen-bond donors (Lipinski definition) is 2. The first-order valence-corrected chi connectivity index (χ1v) is 15.1. The Morgan fingerprint density at radius 2 is 1.73 bits per heavy atom. The van der Waals surface area contributed by atoms with E-state index in [-0.39, 0.29) is 30.3 Å². The number of hydrogen-bond acceptors (Lipinski definition) is 6. The highest BCUT2D eigenvalue weighted by molar-refractivity contribution is 5.93. The molecule has 1 saturated carbocycles. The first-order valence-electron chi connectivity index (χ1n) is 15.1. The summed E-state index contributed by atoms with van der Waals surface area (Å²) in [6.07, 6.45) is -2.36. The minimum atomic E-state index is -4.45. The number of halogens is 3. The molecule has 2 amide bonds. The van der Waals surface area contributed by atoms with Crippen LogP contribution in [-0.2, 0) is 22.3 Å². The second-order valence-corrected chi connectivity index (χ2v) is 11.8. The third-order valence-corrected chi connectivity index (χ3v) is 8.73. The average Bonchev–Trinajstić information content (AvgIpc) is 3.85. The summed E-state index contributed by atoms with van der Waals surface area (Å²) in [7, 11) is 0. The number of anilines is 1. The molecule has 6 rings (SSSR count). The number of pyridine rings is 1. The van der Waals surface area contributed by atoms with Gasteiger partial charge in [-0.2, -0.15) is 13.2 Å². The number of ether oxygens (including phenoxy) is 1. The highest BCUT2D eigenvalue weighted by atomic mass is 19.4. The Morgan fingerprint density at radius 1 is 1.02 bits per heavy atom. The van der Waals surface area contributed by atoms with Gasteiger partial charge in [-0.1, -0.05) is 30.3 Å². The van der Waals surface area contributed by atoms with Crippen molar-refractivity contribution in [2.75, 3.05) is 44.3 Å². The molecule has 2 aliphatic heterocycles. The molecule has 3 aliphatic rings. The van der Waals surface area contributed by atoms with Crippen LogP contribution in [-0.4, -0.2) is 61.1 Å². The summed E-state index contributed by atoms with van der Waals surface area (Å²) in [4.78, 5) is 34.9. The van der Waals surface area contributed by atoms with Crippen LogP contribution in [0.15, 0.2) is 54.6 Å². The van der Waals surface area contributed by atoms with E-state index in [0.717, 1.165) is 41.9 Å². The first kappa shape index (κ1) is 30.1. The number of nitrogens with two attached hydrogens (primary N) is 1. The van der Waals surface area contributed by atoms with Crippen LogP contribution in [0.5, 0.6) is 0 Å². The molecular formula is C33H36F3N5O3. The van der Waals surface area contributed by atoms with Gasteiger partial charge in [0, 0.05) is 50.0 Å². The van der Waals surface area contributed by atoms with E-state index >= 15 is 0 Å². The predicted octanol–water partition coefficient (Wildman–Crippen LogP) is 4.89. The van der Waals surface area contributed by atoms with Crippen molar-refractivity contribution in [1.82, 2.24) is 15.2 Å². The second-order valence-electron chi connectivity index (χ2n) is 11.8. The fraction of sp³-hybridized carbons (Fsp3) is 0.424. The van der Waals surface area contributed by atoms with Gasteiger partial charge in [0.05, 0.1) is 30.7 Å². The van der Waals surface area contributed by atoms with Gasteiger partial charge >= 0.3 is 6.18 Å². The Labute approximate surface area is 254 Å². The van der Waals surface area contributed by atoms with E-state index in [1.54, 1.807) is 24.3 Å². The van der Waals surface area contributed by atoms with E-state index in [2.05, 4.69) is 16.3 Å². The minimum absolute atomic E-state index is 0.0265. The fourth-order valence-electron chi connectivity index (χ4n) is 5.75. The molecule has 8 nitrogen and oxygen atoms in total. The molecule has 3 heterocycles. The first-order chi connectivity index (χ1) is 21.1. The molecule has 0 bridgehead atoms. The molecule has 2 saturated heterocycles. The molecule has 1 aliphatic carbocycles. The van der Waals surface area contributed by atoms with E-state index in [0.29, 0.717) is 67.7 Å². The maximum absolute atomic E-state index is 13.4. The lowest BCUT2D eigenvalue weighted by atomic mass is 9.95. The van der Waals surface area contributed by atoms with E-state index in [1.165, 1.54) is 6.07 Å². The zero-order valence-corrected chi connectivity index (χ0v) is 24.6. The number of aromatic nitrogens is 1. The van der Waals surface area contributed by atoms with Crippen molar-refractivity contribution >= 4 is 17.5 Å². The number of nitrogens with one attached hydrogen (secondary N) is 1. The van der Waals surface area contributed by atoms with Crippen LogP contribution in [0, 0.1) is 5.92 Å². The number of piperazine rings is 1. The van der Waals surface area contributed by atoms with Crippen molar-refractivity contribution in [3.8, 4) is 11.1 Å². The molecule has 3 aromatic rings. The summed E-state index contributed by atoms with van der Waals surface area (Å²) in [5, 5.41) is 3.03. The zero-order chi connectivity index (χ0) is 31.0. The summed E-state index contributed by atoms with van der Waals surface area (Å²) in [5.41, 5.74) is 9.73. The molecule has 3 fully saturated rings. The molecule has 232 valence electrons. The predicted molar refractivity (Wildman–Crippen MR) is 160 cm³/mol. The van der Waals surface area contributed by atoms with Crippen LogP contribution in [0.25, 0.3) is 11.1 Å². The third kappa shape index (κ3) is 6.44. The minimum Gasteiger partial charge on any atom is -0.380 e. The van der Waals surface area contributed by atoms with E-state index in [9.17, 15) is 22.8 Å². The molecule has 1 atom stereocenters. The van der Waals surface area contributed by atoms with Crippen molar-refractivity contribution in [2.24, 2.45) is 11.7 Å². The van der Waals surface area contributed by atoms with Crippen molar-refractivity contribution in [3.05, 3.63) is 82.7 Å². The molecule has 0 radical (unpaired) electrons. The van der Waals surface area contributed by atoms with E-state index in [4.69, 9.17) is 15.5 Å². The van der Waals surface area contributed by atoms with Gasteiger partial charge in [0.2, 0.25) is 5.91 Å². The van der Waals surface area contributed by atoms with Crippen molar-refractivity contribution < 1.29 is 27.5 Å². The van der Waals surface area contributed by atoms with Gasteiger partial charge in [0.15, 0.2) is 0 Å². The number of rotatable bonds is 8. The number of alkyl halides is 3. The molecule has 1 aromatic heterocycles. The zero-order valence-electron chi connectivity index (χ0n) is 24.6. The fourth-order valence-corrected chi connectivity index (χ4v) is 5.75. The molecule has 44 heavy (non-hydrogen) atoms. The molecule has 11 heteroatoms. The number of carbonyl (C=O) groups excluding carboxylic acids is 2. The van der Waals surface area contributed by atoms with Crippen LogP contribution < -0.4 is 16.0 Å². The Bertz CT molecular complexity index is 1530. The Balaban J connectivity index is 1.15. The van der Waals surface area contributed by atoms with Crippen LogP contribution in [0.3, 0.4) is 0 Å². The summed E-state index contributed by atoms with van der Waals surface area (Å²) in [6, 6.07) is 14.2. The Kier molecular flexibility index (Phi) is 8.34. The van der Waals surface area contributed by atoms with Crippen LogP contribution >= 0.6 is 0 Å². The number of amides is 2. The summed E-state index contributed by atoms with van der Waals surface area (Å²) >= 11 is 0. The highest BCUT2D eigenvalue weighted by Gasteiger charge is 2.34. The van der Waals surface area contributed by atoms with Crippen LogP contribution in [0.1, 0.15) is 64.6 Å². The van der Waals surface area contributed by atoms with Gasteiger partial charge in [-0.25, -0.2) is 4.98 Å². The van der Waals surface area contributed by atoms with Gasteiger partial charge in [-0.3, -0.25) is 9.59 Å². The monoisotopic (exact) mass is 607 g/mol. The maximum atomic E-state index is 13.4. The average molecular weight is 608 g/mol. The normalized spacial score (nSPS) is 18.1. The number of carbonyl (C=O) groups is 2. The lowest BCUT2D eigenvalue weighted by Gasteiger charge is -2.39. The van der Waals surface area contributed by atoms with Gasteiger partial charge in [-0.05, 0) is 66.3 Å². The van der Waals surface area contributed by atoms with Crippen LogP contribution in [0.4, 0.5) is 18.9 Å². The van der Waals surface area contributed by atoms with Crippen molar-refractivity contribution in [2.45, 2.75) is 44.4 Å². The third-order valence-electron chi connectivity index (χ3n) is 8.73. The van der Waals surface area contributed by atoms with Gasteiger partial charge in [-0.15, -0.1) is 0 Å². The summed E-state index contributed by atoms with van der Waals surface area (Å²) in [6.45, 7) is 5.57. The largest absolute Gasteiger partial charge is 0.416 e. The van der Waals surface area contributed by atoms with Crippen LogP contribution in [0.2, 0.25) is 0 Å². The SMILES string of the molecule is C[C@@H](NC(=O)c1cc(N2CCN(C(=O)C3COC3)CC2)cc(C2CC2)n1)c1ccc(-c2cc(C(F)(F)F)ccc2CN)cc1. The highest BCUT2D eigenvalue weighted by Crippen LogP contribution is 2.40. The van der Waals surface area contributed by atoms with E-state index in [1.807, 2.05) is 17.9 Å². The Hall–Kier alpha value is -3.96. The summed E-state index contributed by atoms with van der Waals surface area (Å²) in [5.74, 6) is 0.178. The molecule has 2 aromatic carbocycles. The quantitative estimate of drug-likeness (QED) is 0.378.